The topological polar surface area (TPSA) is 30.5 Å². The molecule has 146 valence electrons. The highest BCUT2D eigenvalue weighted by atomic mass is 35.5. The molecule has 0 spiro atoms. The number of halogens is 2. The number of nitrogens with one attached hydrogen (secondary N) is 1. The molecule has 0 aromatic heterocycles. The van der Waals surface area contributed by atoms with Crippen LogP contribution in [0, 0.1) is 0 Å². The number of benzene rings is 3. The number of hydrogen-bond donors (Lipinski definition) is 1. The molecule has 0 bridgehead atoms. The van der Waals surface area contributed by atoms with Crippen LogP contribution >= 0.6 is 23.2 Å². The fraction of sp³-hybridized carbons (Fsp3) is 0.217. The first kappa shape index (κ1) is 20.5. The van der Waals surface area contributed by atoms with Gasteiger partial charge in [0.15, 0.2) is 0 Å². The summed E-state index contributed by atoms with van der Waals surface area (Å²) >= 11 is 12.4. The van der Waals surface area contributed by atoms with Crippen LogP contribution < -0.4 is 14.8 Å². The van der Waals surface area contributed by atoms with Crippen LogP contribution in [0.5, 0.6) is 11.5 Å². The van der Waals surface area contributed by atoms with Crippen molar-refractivity contribution in [2.45, 2.75) is 19.6 Å². The molecule has 0 radical (unpaired) electrons. The Morgan fingerprint density at radius 3 is 2.25 bits per heavy atom. The zero-order chi connectivity index (χ0) is 19.8. The first-order chi connectivity index (χ1) is 13.7. The van der Waals surface area contributed by atoms with Crippen molar-refractivity contribution in [3.8, 4) is 11.5 Å². The summed E-state index contributed by atoms with van der Waals surface area (Å²) in [6, 6.07) is 21.7. The minimum atomic E-state index is 0.340. The zero-order valence-electron chi connectivity index (χ0n) is 15.8. The van der Waals surface area contributed by atoms with Gasteiger partial charge in [-0.15, -0.1) is 0 Å². The van der Waals surface area contributed by atoms with E-state index in [-0.39, 0.29) is 0 Å². The summed E-state index contributed by atoms with van der Waals surface area (Å²) in [5, 5.41) is 4.70. The van der Waals surface area contributed by atoms with E-state index < -0.39 is 0 Å². The maximum atomic E-state index is 6.20. The molecule has 3 aromatic rings. The van der Waals surface area contributed by atoms with E-state index in [0.29, 0.717) is 16.7 Å². The average Bonchev–Trinajstić information content (AvgIpc) is 2.72. The molecule has 3 rings (SSSR count). The van der Waals surface area contributed by atoms with Crippen molar-refractivity contribution in [2.75, 3.05) is 13.7 Å². The quantitative estimate of drug-likeness (QED) is 0.440. The molecular formula is C23H23Cl2NO2. The number of rotatable bonds is 9. The maximum Gasteiger partial charge on any atom is 0.120 e. The predicted octanol–water partition coefficient (Wildman–Crippen LogP) is 5.91. The molecule has 0 saturated carbocycles. The van der Waals surface area contributed by atoms with Gasteiger partial charge in [-0.1, -0.05) is 53.5 Å². The third kappa shape index (κ3) is 5.90. The van der Waals surface area contributed by atoms with Crippen LogP contribution in [0.4, 0.5) is 0 Å². The van der Waals surface area contributed by atoms with Gasteiger partial charge in [-0.05, 0) is 60.5 Å². The highest BCUT2D eigenvalue weighted by Crippen LogP contribution is 2.26. The third-order valence-corrected chi connectivity index (χ3v) is 5.13. The third-order valence-electron chi connectivity index (χ3n) is 4.42. The van der Waals surface area contributed by atoms with Gasteiger partial charge < -0.3 is 14.8 Å². The van der Waals surface area contributed by atoms with Gasteiger partial charge in [0, 0.05) is 22.2 Å². The van der Waals surface area contributed by atoms with Crippen LogP contribution in [0.25, 0.3) is 0 Å². The lowest BCUT2D eigenvalue weighted by atomic mass is 10.1. The molecule has 0 unspecified atom stereocenters. The SMILES string of the molecule is COc1ccc(CCNCc2cccc(OCc3c(Cl)cccc3Cl)c2)cc1. The Morgan fingerprint density at radius 2 is 1.54 bits per heavy atom. The standard InChI is InChI=1S/C23H23Cl2NO2/c1-27-19-10-8-17(9-11-19)12-13-26-15-18-4-2-5-20(14-18)28-16-21-22(24)6-3-7-23(21)25/h2-11,14,26H,12-13,15-16H2,1H3. The highest BCUT2D eigenvalue weighted by molar-refractivity contribution is 6.35. The fourth-order valence-electron chi connectivity index (χ4n) is 2.83. The Labute approximate surface area is 176 Å². The molecule has 0 saturated heterocycles. The molecule has 0 aliphatic heterocycles. The lowest BCUT2D eigenvalue weighted by Crippen LogP contribution is -2.16. The van der Waals surface area contributed by atoms with Crippen molar-refractivity contribution in [1.82, 2.24) is 5.32 Å². The molecule has 0 heterocycles. The van der Waals surface area contributed by atoms with Gasteiger partial charge in [-0.3, -0.25) is 0 Å². The Bertz CT molecular complexity index is 877. The minimum absolute atomic E-state index is 0.340. The molecule has 0 aliphatic carbocycles. The maximum absolute atomic E-state index is 6.20. The average molecular weight is 416 g/mol. The van der Waals surface area contributed by atoms with E-state index >= 15 is 0 Å². The van der Waals surface area contributed by atoms with Crippen LogP contribution in [0.3, 0.4) is 0 Å². The second-order valence-corrected chi connectivity index (χ2v) is 7.23. The molecule has 0 atom stereocenters. The van der Waals surface area contributed by atoms with Crippen molar-refractivity contribution >= 4 is 23.2 Å². The first-order valence-electron chi connectivity index (χ1n) is 9.14. The van der Waals surface area contributed by atoms with Gasteiger partial charge in [0.25, 0.3) is 0 Å². The van der Waals surface area contributed by atoms with E-state index in [1.807, 2.05) is 48.5 Å². The number of methoxy groups -OCH3 is 1. The van der Waals surface area contributed by atoms with Crippen molar-refractivity contribution in [3.63, 3.8) is 0 Å². The van der Waals surface area contributed by atoms with Gasteiger partial charge in [0.1, 0.15) is 18.1 Å². The molecular weight excluding hydrogens is 393 g/mol. The second-order valence-electron chi connectivity index (χ2n) is 6.41. The molecule has 28 heavy (non-hydrogen) atoms. The second kappa shape index (κ2) is 10.4. The summed E-state index contributed by atoms with van der Waals surface area (Å²) in [5.74, 6) is 1.68. The van der Waals surface area contributed by atoms with Crippen LogP contribution in [-0.2, 0) is 19.6 Å². The van der Waals surface area contributed by atoms with Crippen LogP contribution in [-0.4, -0.2) is 13.7 Å². The normalized spacial score (nSPS) is 10.7. The first-order valence-corrected chi connectivity index (χ1v) is 9.89. The lowest BCUT2D eigenvalue weighted by Gasteiger charge is -2.11. The fourth-order valence-corrected chi connectivity index (χ4v) is 3.34. The van der Waals surface area contributed by atoms with Gasteiger partial charge in [-0.25, -0.2) is 0 Å². The van der Waals surface area contributed by atoms with E-state index in [4.69, 9.17) is 32.7 Å². The van der Waals surface area contributed by atoms with Gasteiger partial charge in [0.2, 0.25) is 0 Å². The molecule has 3 nitrogen and oxygen atoms in total. The smallest absolute Gasteiger partial charge is 0.120 e. The van der Waals surface area contributed by atoms with Crippen LogP contribution in [0.15, 0.2) is 66.7 Å². The summed E-state index contributed by atoms with van der Waals surface area (Å²) in [4.78, 5) is 0. The summed E-state index contributed by atoms with van der Waals surface area (Å²) in [7, 11) is 1.68. The minimum Gasteiger partial charge on any atom is -0.497 e. The molecule has 0 amide bonds. The summed E-state index contributed by atoms with van der Waals surface area (Å²) in [6.07, 6.45) is 0.963. The largest absolute Gasteiger partial charge is 0.497 e. The van der Waals surface area contributed by atoms with Gasteiger partial charge >= 0.3 is 0 Å². The predicted molar refractivity (Wildman–Crippen MR) is 116 cm³/mol. The molecule has 5 heteroatoms. The van der Waals surface area contributed by atoms with Gasteiger partial charge in [-0.2, -0.15) is 0 Å². The van der Waals surface area contributed by atoms with Crippen molar-refractivity contribution in [1.29, 1.82) is 0 Å². The van der Waals surface area contributed by atoms with E-state index in [2.05, 4.69) is 23.5 Å². The van der Waals surface area contributed by atoms with E-state index in [0.717, 1.165) is 42.1 Å². The zero-order valence-corrected chi connectivity index (χ0v) is 17.3. The number of ether oxygens (including phenoxy) is 2. The Hall–Kier alpha value is -2.20. The lowest BCUT2D eigenvalue weighted by molar-refractivity contribution is 0.306. The molecule has 0 fully saturated rings. The summed E-state index contributed by atoms with van der Waals surface area (Å²) < 4.78 is 11.1. The van der Waals surface area contributed by atoms with Crippen molar-refractivity contribution in [3.05, 3.63) is 93.5 Å². The monoisotopic (exact) mass is 415 g/mol. The summed E-state index contributed by atoms with van der Waals surface area (Å²) in [6.45, 7) is 2.01. The molecule has 3 aromatic carbocycles. The Balaban J connectivity index is 1.47. The Kier molecular flexibility index (Phi) is 7.61. The van der Waals surface area contributed by atoms with Crippen molar-refractivity contribution in [2.24, 2.45) is 0 Å². The number of hydrogen-bond acceptors (Lipinski definition) is 3. The van der Waals surface area contributed by atoms with Crippen molar-refractivity contribution < 1.29 is 9.47 Å². The summed E-state index contributed by atoms with van der Waals surface area (Å²) in [5.41, 5.74) is 3.24. The van der Waals surface area contributed by atoms with E-state index in [1.54, 1.807) is 7.11 Å². The van der Waals surface area contributed by atoms with Crippen LogP contribution in [0.1, 0.15) is 16.7 Å². The molecule has 1 N–H and O–H groups in total. The molecule has 0 aliphatic rings. The van der Waals surface area contributed by atoms with E-state index in [9.17, 15) is 0 Å². The van der Waals surface area contributed by atoms with E-state index in [1.165, 1.54) is 5.56 Å². The highest BCUT2D eigenvalue weighted by Gasteiger charge is 2.06. The van der Waals surface area contributed by atoms with Crippen LogP contribution in [0.2, 0.25) is 10.0 Å². The van der Waals surface area contributed by atoms with Gasteiger partial charge in [0.05, 0.1) is 7.11 Å². The Morgan fingerprint density at radius 1 is 0.821 bits per heavy atom.